The van der Waals surface area contributed by atoms with Crippen molar-refractivity contribution in [3.8, 4) is 0 Å². The summed E-state index contributed by atoms with van der Waals surface area (Å²) in [6, 6.07) is 16.9. The first-order valence-corrected chi connectivity index (χ1v) is 11.5. The number of likely N-dealkylation sites (N-methyl/N-ethyl adjacent to an activating group) is 1. The molecule has 3 fully saturated rings. The highest BCUT2D eigenvalue weighted by molar-refractivity contribution is 7.80. The van der Waals surface area contributed by atoms with Crippen LogP contribution in [-0.4, -0.2) is 65.7 Å². The number of nitrogens with one attached hydrogen (secondary N) is 2. The summed E-state index contributed by atoms with van der Waals surface area (Å²) in [5.74, 6) is 1.60. The molecular weight excluding hydrogens is 390 g/mol. The summed E-state index contributed by atoms with van der Waals surface area (Å²) < 4.78 is 0. The van der Waals surface area contributed by atoms with Gasteiger partial charge in [0.25, 0.3) is 0 Å². The number of pyridine rings is 1. The highest BCUT2D eigenvalue weighted by Gasteiger charge is 2.40. The summed E-state index contributed by atoms with van der Waals surface area (Å²) in [6.07, 6.45) is 5.52. The Labute approximate surface area is 185 Å². The number of benzene rings is 1. The molecule has 0 aliphatic carbocycles. The van der Waals surface area contributed by atoms with Crippen LogP contribution in [-0.2, 0) is 6.42 Å². The molecule has 4 heterocycles. The number of fused-ring (bicyclic) bond motifs is 3. The van der Waals surface area contributed by atoms with E-state index in [2.05, 4.69) is 44.6 Å². The van der Waals surface area contributed by atoms with Gasteiger partial charge in [0.1, 0.15) is 0 Å². The molecule has 1 aromatic carbocycles. The molecule has 5 nitrogen and oxygen atoms in total. The largest absolute Gasteiger partial charge is 0.361 e. The van der Waals surface area contributed by atoms with Gasteiger partial charge in [-0.15, -0.1) is 0 Å². The normalized spacial score (nSPS) is 25.3. The lowest BCUT2D eigenvalue weighted by atomic mass is 9.75. The molecule has 2 aromatic rings. The maximum absolute atomic E-state index is 5.49. The molecule has 5 rings (SSSR count). The van der Waals surface area contributed by atoms with E-state index < -0.39 is 0 Å². The summed E-state index contributed by atoms with van der Waals surface area (Å²) >= 11 is 5.49. The summed E-state index contributed by atoms with van der Waals surface area (Å²) in [7, 11) is 2.26. The van der Waals surface area contributed by atoms with Gasteiger partial charge < -0.3 is 15.5 Å². The van der Waals surface area contributed by atoms with Gasteiger partial charge in [0.05, 0.1) is 0 Å². The van der Waals surface area contributed by atoms with E-state index in [1.54, 1.807) is 0 Å². The molecular formula is C24H33N5S. The molecule has 0 radical (unpaired) electrons. The molecule has 2 bridgehead atoms. The zero-order valence-corrected chi connectivity index (χ0v) is 18.7. The van der Waals surface area contributed by atoms with Crippen molar-refractivity contribution >= 4 is 23.0 Å². The summed E-state index contributed by atoms with van der Waals surface area (Å²) in [4.78, 5) is 9.62. The standard InChI is InChI=1S/C24H33N5S/c1-28(13-11-21-7-5-6-12-25-21)17-20-18-29-14-10-19(20)15-23(29)16-26-24(30)27-22-8-3-2-4-9-22/h2-9,12,19-20,23H,10-11,13-18H2,1H3,(H2,26,27,30). The van der Waals surface area contributed by atoms with E-state index in [4.69, 9.17) is 12.2 Å². The van der Waals surface area contributed by atoms with Crippen LogP contribution in [0.25, 0.3) is 0 Å². The third kappa shape index (κ3) is 5.78. The van der Waals surface area contributed by atoms with Gasteiger partial charge in [-0.05, 0) is 74.8 Å². The smallest absolute Gasteiger partial charge is 0.170 e. The zero-order valence-electron chi connectivity index (χ0n) is 17.8. The lowest BCUT2D eigenvalue weighted by Crippen LogP contribution is -2.58. The van der Waals surface area contributed by atoms with Crippen molar-refractivity contribution in [2.45, 2.75) is 25.3 Å². The molecule has 3 aliphatic heterocycles. The molecule has 1 aromatic heterocycles. The van der Waals surface area contributed by atoms with Gasteiger partial charge in [0.15, 0.2) is 5.11 Å². The Balaban J connectivity index is 1.20. The minimum Gasteiger partial charge on any atom is -0.361 e. The average molecular weight is 424 g/mol. The number of aromatic nitrogens is 1. The van der Waals surface area contributed by atoms with E-state index in [1.165, 1.54) is 38.2 Å². The first-order chi connectivity index (χ1) is 14.7. The van der Waals surface area contributed by atoms with E-state index in [1.807, 2.05) is 42.6 Å². The molecule has 3 aliphatic rings. The Hall–Kier alpha value is -2.02. The molecule has 2 N–H and O–H groups in total. The number of para-hydroxylation sites is 1. The minimum absolute atomic E-state index is 0.592. The summed E-state index contributed by atoms with van der Waals surface area (Å²) in [5, 5.41) is 7.44. The van der Waals surface area contributed by atoms with E-state index in [0.29, 0.717) is 6.04 Å². The van der Waals surface area contributed by atoms with Crippen molar-refractivity contribution in [2.24, 2.45) is 11.8 Å². The minimum atomic E-state index is 0.592. The summed E-state index contributed by atoms with van der Waals surface area (Å²) in [6.45, 7) is 5.62. The van der Waals surface area contributed by atoms with Crippen LogP contribution in [0.3, 0.4) is 0 Å². The average Bonchev–Trinajstić information content (AvgIpc) is 2.78. The third-order valence-corrected chi connectivity index (χ3v) is 6.81. The number of anilines is 1. The van der Waals surface area contributed by atoms with Gasteiger partial charge in [0, 0.05) is 56.2 Å². The van der Waals surface area contributed by atoms with Gasteiger partial charge in [0.2, 0.25) is 0 Å². The second kappa shape index (κ2) is 10.3. The van der Waals surface area contributed by atoms with Gasteiger partial charge in [-0.25, -0.2) is 0 Å². The highest BCUT2D eigenvalue weighted by atomic mass is 32.1. The van der Waals surface area contributed by atoms with Gasteiger partial charge in [-0.1, -0.05) is 24.3 Å². The molecule has 160 valence electrons. The van der Waals surface area contributed by atoms with Crippen molar-refractivity contribution < 1.29 is 0 Å². The highest BCUT2D eigenvalue weighted by Crippen LogP contribution is 2.36. The second-order valence-corrected chi connectivity index (χ2v) is 9.14. The van der Waals surface area contributed by atoms with Gasteiger partial charge >= 0.3 is 0 Å². The fourth-order valence-electron chi connectivity index (χ4n) is 4.92. The number of hydrogen-bond donors (Lipinski definition) is 2. The molecule has 0 spiro atoms. The third-order valence-electron chi connectivity index (χ3n) is 6.57. The fourth-order valence-corrected chi connectivity index (χ4v) is 5.12. The van der Waals surface area contributed by atoms with Crippen molar-refractivity contribution in [3.05, 3.63) is 60.4 Å². The van der Waals surface area contributed by atoms with E-state index in [-0.39, 0.29) is 0 Å². The maximum Gasteiger partial charge on any atom is 0.170 e. The predicted octanol–water partition coefficient (Wildman–Crippen LogP) is 3.25. The predicted molar refractivity (Wildman–Crippen MR) is 128 cm³/mol. The van der Waals surface area contributed by atoms with Crippen molar-refractivity contribution in [3.63, 3.8) is 0 Å². The summed E-state index contributed by atoms with van der Waals surface area (Å²) in [5.41, 5.74) is 2.22. The Kier molecular flexibility index (Phi) is 7.31. The first kappa shape index (κ1) is 21.2. The van der Waals surface area contributed by atoms with Crippen LogP contribution in [0.4, 0.5) is 5.69 Å². The molecule has 4 unspecified atom stereocenters. The van der Waals surface area contributed by atoms with Crippen LogP contribution in [0.5, 0.6) is 0 Å². The molecule has 30 heavy (non-hydrogen) atoms. The SMILES string of the molecule is CN(CCc1ccccn1)CC1CN2CCC1CC2CNC(=S)Nc1ccccc1. The number of hydrogen-bond acceptors (Lipinski definition) is 4. The van der Waals surface area contributed by atoms with Crippen molar-refractivity contribution in [2.75, 3.05) is 45.1 Å². The second-order valence-electron chi connectivity index (χ2n) is 8.73. The molecule has 0 amide bonds. The van der Waals surface area contributed by atoms with Crippen molar-refractivity contribution in [1.29, 1.82) is 0 Å². The Bertz CT molecular complexity index is 800. The maximum atomic E-state index is 5.49. The Morgan fingerprint density at radius 3 is 2.77 bits per heavy atom. The Morgan fingerprint density at radius 1 is 1.20 bits per heavy atom. The monoisotopic (exact) mass is 423 g/mol. The topological polar surface area (TPSA) is 43.4 Å². The van der Waals surface area contributed by atoms with Crippen LogP contribution in [0.2, 0.25) is 0 Å². The van der Waals surface area contributed by atoms with Crippen LogP contribution in [0.1, 0.15) is 18.5 Å². The molecule has 6 heteroatoms. The lowest BCUT2D eigenvalue weighted by molar-refractivity contribution is -0.00757. The molecule has 4 atom stereocenters. The number of piperidine rings is 3. The van der Waals surface area contributed by atoms with Gasteiger partial charge in [-0.3, -0.25) is 9.88 Å². The van der Waals surface area contributed by atoms with Crippen LogP contribution in [0, 0.1) is 11.8 Å². The number of nitrogens with zero attached hydrogens (tertiary/aromatic N) is 3. The molecule has 3 saturated heterocycles. The Morgan fingerprint density at radius 2 is 2.03 bits per heavy atom. The van der Waals surface area contributed by atoms with E-state index in [0.717, 1.165) is 42.1 Å². The van der Waals surface area contributed by atoms with Crippen LogP contribution < -0.4 is 10.6 Å². The van der Waals surface area contributed by atoms with E-state index >= 15 is 0 Å². The van der Waals surface area contributed by atoms with Crippen LogP contribution in [0.15, 0.2) is 54.7 Å². The lowest BCUT2D eigenvalue weighted by Gasteiger charge is -2.50. The quantitative estimate of drug-likeness (QED) is 0.636. The van der Waals surface area contributed by atoms with Gasteiger partial charge in [-0.2, -0.15) is 0 Å². The molecule has 0 saturated carbocycles. The fraction of sp³-hybridized carbons (Fsp3) is 0.500. The number of rotatable bonds is 8. The van der Waals surface area contributed by atoms with E-state index in [9.17, 15) is 0 Å². The van der Waals surface area contributed by atoms with Crippen molar-refractivity contribution in [1.82, 2.24) is 20.1 Å². The zero-order chi connectivity index (χ0) is 20.8. The first-order valence-electron chi connectivity index (χ1n) is 11.1. The van der Waals surface area contributed by atoms with Crippen LogP contribution >= 0.6 is 12.2 Å². The number of thiocarbonyl (C=S) groups is 1.